The Hall–Kier alpha value is -3.16. The Morgan fingerprint density at radius 1 is 1.19 bits per heavy atom. The molecule has 0 saturated heterocycles. The third-order valence-electron chi connectivity index (χ3n) is 3.55. The van der Waals surface area contributed by atoms with E-state index >= 15 is 0 Å². The first kappa shape index (κ1) is 19.2. The topological polar surface area (TPSA) is 112 Å². The van der Waals surface area contributed by atoms with E-state index in [2.05, 4.69) is 5.32 Å². The fourth-order valence-electron chi connectivity index (χ4n) is 2.10. The van der Waals surface area contributed by atoms with Gasteiger partial charge >= 0.3 is 5.97 Å². The van der Waals surface area contributed by atoms with Gasteiger partial charge in [-0.1, -0.05) is 13.8 Å². The van der Waals surface area contributed by atoms with Crippen LogP contribution in [0.25, 0.3) is 11.3 Å². The van der Waals surface area contributed by atoms with E-state index in [-0.39, 0.29) is 24.0 Å². The fraction of sp³-hybridized carbons (Fsp3) is 0.333. The van der Waals surface area contributed by atoms with E-state index < -0.39 is 10.9 Å². The van der Waals surface area contributed by atoms with Gasteiger partial charge in [0.25, 0.3) is 11.6 Å². The lowest BCUT2D eigenvalue weighted by Gasteiger charge is -2.07. The van der Waals surface area contributed by atoms with Gasteiger partial charge in [0.05, 0.1) is 4.92 Å². The third-order valence-corrected chi connectivity index (χ3v) is 3.55. The minimum Gasteiger partial charge on any atom is -0.450 e. The minimum atomic E-state index is -0.753. The van der Waals surface area contributed by atoms with Gasteiger partial charge in [-0.25, -0.2) is 4.79 Å². The highest BCUT2D eigenvalue weighted by Gasteiger charge is 2.16. The van der Waals surface area contributed by atoms with Crippen molar-refractivity contribution in [3.63, 3.8) is 0 Å². The summed E-state index contributed by atoms with van der Waals surface area (Å²) in [7, 11) is 0. The van der Waals surface area contributed by atoms with Crippen LogP contribution in [-0.2, 0) is 9.53 Å². The molecule has 0 radical (unpaired) electrons. The number of rotatable bonds is 8. The predicted octanol–water partition coefficient (Wildman–Crippen LogP) is 3.17. The first-order valence-electron chi connectivity index (χ1n) is 8.15. The van der Waals surface area contributed by atoms with Crippen LogP contribution < -0.4 is 5.32 Å². The summed E-state index contributed by atoms with van der Waals surface area (Å²) < 4.78 is 10.3. The van der Waals surface area contributed by atoms with Crippen molar-refractivity contribution in [1.29, 1.82) is 0 Å². The molecule has 0 bridgehead atoms. The van der Waals surface area contributed by atoms with Gasteiger partial charge in [-0.15, -0.1) is 0 Å². The summed E-state index contributed by atoms with van der Waals surface area (Å²) in [5.74, 6) is -0.335. The maximum Gasteiger partial charge on any atom is 0.374 e. The van der Waals surface area contributed by atoms with Crippen molar-refractivity contribution in [3.05, 3.63) is 52.3 Å². The van der Waals surface area contributed by atoms with Crippen molar-refractivity contribution >= 4 is 17.6 Å². The molecule has 8 nitrogen and oxygen atoms in total. The van der Waals surface area contributed by atoms with Crippen molar-refractivity contribution in [2.24, 2.45) is 5.92 Å². The Balaban J connectivity index is 1.89. The maximum atomic E-state index is 11.9. The number of benzene rings is 1. The quantitative estimate of drug-likeness (QED) is 0.440. The summed E-state index contributed by atoms with van der Waals surface area (Å²) in [6, 6.07) is 8.72. The number of non-ortho nitro benzene ring substituents is 1. The number of carbonyl (C=O) groups excluding carboxylic acids is 2. The number of nitrogens with one attached hydrogen (secondary N) is 1. The summed E-state index contributed by atoms with van der Waals surface area (Å²) in [5.41, 5.74) is 0.546. The minimum absolute atomic E-state index is 0.0385. The maximum absolute atomic E-state index is 11.9. The van der Waals surface area contributed by atoms with Gasteiger partial charge < -0.3 is 14.5 Å². The van der Waals surface area contributed by atoms with Crippen LogP contribution in [0.4, 0.5) is 5.69 Å². The molecule has 0 atom stereocenters. The highest BCUT2D eigenvalue weighted by Crippen LogP contribution is 2.24. The van der Waals surface area contributed by atoms with E-state index in [0.717, 1.165) is 6.42 Å². The summed E-state index contributed by atoms with van der Waals surface area (Å²) in [5, 5.41) is 13.3. The van der Waals surface area contributed by atoms with Crippen LogP contribution in [-0.4, -0.2) is 30.0 Å². The number of carbonyl (C=O) groups is 2. The Bertz CT molecular complexity index is 779. The fourth-order valence-corrected chi connectivity index (χ4v) is 2.10. The lowest BCUT2D eigenvalue weighted by atomic mass is 10.1. The molecule has 0 unspecified atom stereocenters. The Morgan fingerprint density at radius 2 is 1.88 bits per heavy atom. The highest BCUT2D eigenvalue weighted by atomic mass is 16.6. The molecule has 26 heavy (non-hydrogen) atoms. The number of nitro groups is 1. The second kappa shape index (κ2) is 8.80. The van der Waals surface area contributed by atoms with Crippen molar-refractivity contribution in [3.8, 4) is 11.3 Å². The standard InChI is InChI=1S/C18H20N2O6/c1-12(2)9-10-19-17(21)11-25-18(22)16-8-7-15(26-16)13-3-5-14(6-4-13)20(23)24/h3-8,12H,9-11H2,1-2H3,(H,19,21). The van der Waals surface area contributed by atoms with Gasteiger partial charge in [-0.05, 0) is 36.6 Å². The number of nitrogens with zero attached hydrogens (tertiary/aromatic N) is 1. The first-order chi connectivity index (χ1) is 12.4. The largest absolute Gasteiger partial charge is 0.450 e. The molecular weight excluding hydrogens is 340 g/mol. The third kappa shape index (κ3) is 5.44. The molecule has 8 heteroatoms. The molecule has 0 saturated carbocycles. The number of hydrogen-bond donors (Lipinski definition) is 1. The number of furan rings is 1. The summed E-state index contributed by atoms with van der Waals surface area (Å²) in [6.07, 6.45) is 0.844. The molecule has 1 heterocycles. The number of ether oxygens (including phenoxy) is 1. The van der Waals surface area contributed by atoms with Crippen LogP contribution in [0.5, 0.6) is 0 Å². The van der Waals surface area contributed by atoms with Crippen LogP contribution in [0, 0.1) is 16.0 Å². The Morgan fingerprint density at radius 3 is 2.50 bits per heavy atom. The zero-order valence-corrected chi connectivity index (χ0v) is 14.6. The number of nitro benzene ring substituents is 1. The van der Waals surface area contributed by atoms with Gasteiger partial charge in [0, 0.05) is 24.2 Å². The van der Waals surface area contributed by atoms with Crippen LogP contribution in [0.3, 0.4) is 0 Å². The van der Waals surface area contributed by atoms with Crippen molar-refractivity contribution in [2.45, 2.75) is 20.3 Å². The van der Waals surface area contributed by atoms with Gasteiger partial charge in [-0.3, -0.25) is 14.9 Å². The van der Waals surface area contributed by atoms with Gasteiger partial charge in [0.1, 0.15) is 5.76 Å². The summed E-state index contributed by atoms with van der Waals surface area (Å²) in [4.78, 5) is 33.7. The van der Waals surface area contributed by atoms with Gasteiger partial charge in [-0.2, -0.15) is 0 Å². The molecule has 0 fully saturated rings. The Labute approximate surface area is 150 Å². The van der Waals surface area contributed by atoms with Crippen LogP contribution in [0.2, 0.25) is 0 Å². The van der Waals surface area contributed by atoms with Gasteiger partial charge in [0.2, 0.25) is 5.76 Å². The van der Waals surface area contributed by atoms with E-state index in [9.17, 15) is 19.7 Å². The molecule has 0 aliphatic heterocycles. The second-order valence-corrected chi connectivity index (χ2v) is 6.08. The van der Waals surface area contributed by atoms with Crippen molar-refractivity contribution < 1.29 is 23.7 Å². The molecule has 138 valence electrons. The van der Waals surface area contributed by atoms with E-state index in [0.29, 0.717) is 23.8 Å². The van der Waals surface area contributed by atoms with E-state index in [1.165, 1.54) is 30.3 Å². The molecule has 1 aromatic heterocycles. The lowest BCUT2D eigenvalue weighted by Crippen LogP contribution is -2.30. The normalized spacial score (nSPS) is 10.6. The Kier molecular flexibility index (Phi) is 6.48. The molecular formula is C18H20N2O6. The van der Waals surface area contributed by atoms with Crippen LogP contribution >= 0.6 is 0 Å². The summed E-state index contributed by atoms with van der Waals surface area (Å²) in [6.45, 7) is 4.24. The number of amides is 1. The van der Waals surface area contributed by atoms with E-state index in [4.69, 9.17) is 9.15 Å². The number of esters is 1. The smallest absolute Gasteiger partial charge is 0.374 e. The van der Waals surface area contributed by atoms with E-state index in [1.54, 1.807) is 6.07 Å². The van der Waals surface area contributed by atoms with Crippen molar-refractivity contribution in [1.82, 2.24) is 5.32 Å². The van der Waals surface area contributed by atoms with Crippen molar-refractivity contribution in [2.75, 3.05) is 13.2 Å². The van der Waals surface area contributed by atoms with E-state index in [1.807, 2.05) is 13.8 Å². The summed E-state index contributed by atoms with van der Waals surface area (Å²) >= 11 is 0. The van der Waals surface area contributed by atoms with Gasteiger partial charge in [0.15, 0.2) is 6.61 Å². The average Bonchev–Trinajstić information content (AvgIpc) is 3.09. The monoisotopic (exact) mass is 360 g/mol. The average molecular weight is 360 g/mol. The lowest BCUT2D eigenvalue weighted by molar-refractivity contribution is -0.384. The second-order valence-electron chi connectivity index (χ2n) is 6.08. The molecule has 2 rings (SSSR count). The zero-order chi connectivity index (χ0) is 19.1. The molecule has 0 aliphatic rings. The molecule has 1 aromatic carbocycles. The molecule has 1 N–H and O–H groups in total. The molecule has 0 spiro atoms. The van der Waals surface area contributed by atoms with Crippen LogP contribution in [0.15, 0.2) is 40.8 Å². The SMILES string of the molecule is CC(C)CCNC(=O)COC(=O)c1ccc(-c2ccc([N+](=O)[O-])cc2)o1. The predicted molar refractivity (Wildman–Crippen MR) is 93.5 cm³/mol. The molecule has 1 amide bonds. The highest BCUT2D eigenvalue weighted by molar-refractivity contribution is 5.89. The first-order valence-corrected chi connectivity index (χ1v) is 8.15. The molecule has 0 aliphatic carbocycles. The number of hydrogen-bond acceptors (Lipinski definition) is 6. The molecule has 2 aromatic rings. The van der Waals surface area contributed by atoms with Crippen LogP contribution in [0.1, 0.15) is 30.8 Å². The zero-order valence-electron chi connectivity index (χ0n) is 14.6.